The van der Waals surface area contributed by atoms with Gasteiger partial charge >= 0.3 is 0 Å². The van der Waals surface area contributed by atoms with E-state index in [2.05, 4.69) is 6.92 Å². The Kier molecular flexibility index (Phi) is 2.90. The molecule has 2 atom stereocenters. The van der Waals surface area contributed by atoms with Crippen molar-refractivity contribution in [1.82, 2.24) is 0 Å². The number of rotatable bonds is 3. The maximum absolute atomic E-state index is 8.89. The molecule has 11 heavy (non-hydrogen) atoms. The number of nitrogens with two attached hydrogens (primary N) is 1. The summed E-state index contributed by atoms with van der Waals surface area (Å²) < 4.78 is 0. The van der Waals surface area contributed by atoms with Gasteiger partial charge in [0.05, 0.1) is 0 Å². The lowest BCUT2D eigenvalue weighted by molar-refractivity contribution is 0.149. The van der Waals surface area contributed by atoms with Crippen molar-refractivity contribution in [3.8, 4) is 0 Å². The van der Waals surface area contributed by atoms with Gasteiger partial charge in [0.15, 0.2) is 0 Å². The van der Waals surface area contributed by atoms with Gasteiger partial charge in [0, 0.05) is 6.61 Å². The van der Waals surface area contributed by atoms with Crippen LogP contribution in [0.5, 0.6) is 0 Å². The van der Waals surface area contributed by atoms with Gasteiger partial charge in [-0.05, 0) is 30.7 Å². The molecule has 0 aromatic heterocycles. The normalized spacial score (nSPS) is 37.9. The standard InChI is InChI=1S/C9H19NO/c1-8-3-2-4-9(8,7-10)5-6-11/h8,11H,2-7,10H2,1H3. The van der Waals surface area contributed by atoms with Crippen molar-refractivity contribution in [3.63, 3.8) is 0 Å². The molecule has 1 fully saturated rings. The quantitative estimate of drug-likeness (QED) is 0.645. The van der Waals surface area contributed by atoms with E-state index in [-0.39, 0.29) is 5.41 Å². The van der Waals surface area contributed by atoms with E-state index >= 15 is 0 Å². The molecule has 2 heteroatoms. The lowest BCUT2D eigenvalue weighted by Gasteiger charge is -2.31. The largest absolute Gasteiger partial charge is 0.396 e. The summed E-state index contributed by atoms with van der Waals surface area (Å²) in [5.41, 5.74) is 6.01. The predicted octanol–water partition coefficient (Wildman–Crippen LogP) is 1.13. The van der Waals surface area contributed by atoms with Gasteiger partial charge in [0.1, 0.15) is 0 Å². The van der Waals surface area contributed by atoms with Gasteiger partial charge in [-0.1, -0.05) is 19.8 Å². The van der Waals surface area contributed by atoms with Crippen LogP contribution in [0.2, 0.25) is 0 Å². The molecule has 1 saturated carbocycles. The van der Waals surface area contributed by atoms with Crippen molar-refractivity contribution in [2.24, 2.45) is 17.1 Å². The number of hydrogen-bond donors (Lipinski definition) is 2. The van der Waals surface area contributed by atoms with Gasteiger partial charge in [-0.3, -0.25) is 0 Å². The molecular formula is C9H19NO. The molecule has 0 heterocycles. The van der Waals surface area contributed by atoms with Gasteiger partial charge in [0.25, 0.3) is 0 Å². The van der Waals surface area contributed by atoms with Crippen molar-refractivity contribution in [2.75, 3.05) is 13.2 Å². The first-order valence-electron chi connectivity index (χ1n) is 4.56. The zero-order valence-corrected chi connectivity index (χ0v) is 7.34. The molecule has 0 amide bonds. The molecule has 2 unspecified atom stereocenters. The first-order chi connectivity index (χ1) is 5.25. The van der Waals surface area contributed by atoms with Crippen LogP contribution in [-0.2, 0) is 0 Å². The van der Waals surface area contributed by atoms with Gasteiger partial charge in [0.2, 0.25) is 0 Å². The number of hydrogen-bond acceptors (Lipinski definition) is 2. The minimum atomic E-state index is 0.273. The molecule has 0 aromatic rings. The molecule has 0 saturated heterocycles. The van der Waals surface area contributed by atoms with E-state index in [4.69, 9.17) is 10.8 Å². The van der Waals surface area contributed by atoms with Gasteiger partial charge in [-0.25, -0.2) is 0 Å². The summed E-state index contributed by atoms with van der Waals surface area (Å²) in [5.74, 6) is 0.708. The summed E-state index contributed by atoms with van der Waals surface area (Å²) in [4.78, 5) is 0. The van der Waals surface area contributed by atoms with Crippen molar-refractivity contribution < 1.29 is 5.11 Å². The van der Waals surface area contributed by atoms with Crippen LogP contribution in [0.25, 0.3) is 0 Å². The highest BCUT2D eigenvalue weighted by molar-refractivity contribution is 4.90. The van der Waals surface area contributed by atoms with Crippen LogP contribution in [0, 0.1) is 11.3 Å². The number of aliphatic hydroxyl groups is 1. The maximum Gasteiger partial charge on any atom is 0.0436 e. The van der Waals surface area contributed by atoms with E-state index in [9.17, 15) is 0 Å². The molecule has 2 nitrogen and oxygen atoms in total. The average molecular weight is 157 g/mol. The Morgan fingerprint density at radius 3 is 2.73 bits per heavy atom. The molecule has 3 N–H and O–H groups in total. The second-order valence-electron chi connectivity index (χ2n) is 3.83. The first-order valence-corrected chi connectivity index (χ1v) is 4.56. The fraction of sp³-hybridized carbons (Fsp3) is 1.00. The van der Waals surface area contributed by atoms with Gasteiger partial charge in [-0.15, -0.1) is 0 Å². The Balaban J connectivity index is 2.57. The van der Waals surface area contributed by atoms with Crippen LogP contribution in [0.15, 0.2) is 0 Å². The predicted molar refractivity (Wildman–Crippen MR) is 46.2 cm³/mol. The lowest BCUT2D eigenvalue weighted by Crippen LogP contribution is -2.33. The van der Waals surface area contributed by atoms with Crippen LogP contribution in [0.4, 0.5) is 0 Å². The molecule has 0 radical (unpaired) electrons. The SMILES string of the molecule is CC1CCCC1(CN)CCO. The Morgan fingerprint density at radius 2 is 2.36 bits per heavy atom. The summed E-state index contributed by atoms with van der Waals surface area (Å²) in [6, 6.07) is 0. The molecule has 0 bridgehead atoms. The van der Waals surface area contributed by atoms with Crippen LogP contribution in [0.1, 0.15) is 32.6 Å². The molecule has 1 aliphatic carbocycles. The molecular weight excluding hydrogens is 138 g/mol. The van der Waals surface area contributed by atoms with Crippen molar-refractivity contribution in [3.05, 3.63) is 0 Å². The fourth-order valence-corrected chi connectivity index (χ4v) is 2.31. The zero-order valence-electron chi connectivity index (χ0n) is 7.34. The van der Waals surface area contributed by atoms with E-state index < -0.39 is 0 Å². The van der Waals surface area contributed by atoms with E-state index in [1.165, 1.54) is 19.3 Å². The third-order valence-electron chi connectivity index (χ3n) is 3.37. The van der Waals surface area contributed by atoms with Crippen LogP contribution in [-0.4, -0.2) is 18.3 Å². The molecule has 0 aliphatic heterocycles. The topological polar surface area (TPSA) is 46.2 Å². The van der Waals surface area contributed by atoms with E-state index in [0.717, 1.165) is 13.0 Å². The van der Waals surface area contributed by atoms with Crippen LogP contribution >= 0.6 is 0 Å². The highest BCUT2D eigenvalue weighted by Gasteiger charge is 2.38. The Morgan fingerprint density at radius 1 is 1.64 bits per heavy atom. The summed E-state index contributed by atoms with van der Waals surface area (Å²) in [7, 11) is 0. The third-order valence-corrected chi connectivity index (χ3v) is 3.37. The second kappa shape index (κ2) is 3.55. The molecule has 66 valence electrons. The second-order valence-corrected chi connectivity index (χ2v) is 3.83. The minimum absolute atomic E-state index is 0.273. The van der Waals surface area contributed by atoms with E-state index in [0.29, 0.717) is 12.5 Å². The van der Waals surface area contributed by atoms with E-state index in [1.807, 2.05) is 0 Å². The molecule has 1 rings (SSSR count). The molecule has 0 aromatic carbocycles. The summed E-state index contributed by atoms with van der Waals surface area (Å²) in [6.07, 6.45) is 4.69. The molecule has 0 spiro atoms. The van der Waals surface area contributed by atoms with Crippen molar-refractivity contribution in [1.29, 1.82) is 0 Å². The van der Waals surface area contributed by atoms with E-state index in [1.54, 1.807) is 0 Å². The first kappa shape index (κ1) is 9.01. The minimum Gasteiger partial charge on any atom is -0.396 e. The summed E-state index contributed by atoms with van der Waals surface area (Å²) >= 11 is 0. The third kappa shape index (κ3) is 1.57. The summed E-state index contributed by atoms with van der Waals surface area (Å²) in [5, 5.41) is 8.89. The Hall–Kier alpha value is -0.0800. The Bertz CT molecular complexity index is 127. The number of aliphatic hydroxyl groups excluding tert-OH is 1. The van der Waals surface area contributed by atoms with Crippen molar-refractivity contribution >= 4 is 0 Å². The lowest BCUT2D eigenvalue weighted by atomic mass is 9.76. The van der Waals surface area contributed by atoms with Crippen LogP contribution in [0.3, 0.4) is 0 Å². The smallest absolute Gasteiger partial charge is 0.0436 e. The highest BCUT2D eigenvalue weighted by atomic mass is 16.3. The summed E-state index contributed by atoms with van der Waals surface area (Å²) in [6.45, 7) is 3.30. The van der Waals surface area contributed by atoms with Gasteiger partial charge < -0.3 is 10.8 Å². The van der Waals surface area contributed by atoms with Gasteiger partial charge in [-0.2, -0.15) is 0 Å². The monoisotopic (exact) mass is 157 g/mol. The fourth-order valence-electron chi connectivity index (χ4n) is 2.31. The van der Waals surface area contributed by atoms with Crippen molar-refractivity contribution in [2.45, 2.75) is 32.6 Å². The molecule has 1 aliphatic rings. The Labute approximate surface area is 68.8 Å². The van der Waals surface area contributed by atoms with Crippen LogP contribution < -0.4 is 5.73 Å². The zero-order chi connectivity index (χ0) is 8.32. The average Bonchev–Trinajstić information content (AvgIpc) is 2.35. The maximum atomic E-state index is 8.89. The highest BCUT2D eigenvalue weighted by Crippen LogP contribution is 2.44.